The standard InChI is InChI=1S/C16H20FNO3/c1-18(11-15-3-2-6-21-15)10-13-7-12(4-5-16(19)20)8-14(17)9-13/h4-5,7-9,15H,2-3,6,10-11H2,1H3,(H,19,20). The molecule has 1 unspecified atom stereocenters. The number of carboxylic acids is 1. The van der Waals surface area contributed by atoms with Gasteiger partial charge >= 0.3 is 5.97 Å². The van der Waals surface area contributed by atoms with Crippen molar-refractivity contribution < 1.29 is 19.0 Å². The lowest BCUT2D eigenvalue weighted by molar-refractivity contribution is -0.131. The van der Waals surface area contributed by atoms with Crippen LogP contribution in [0.3, 0.4) is 0 Å². The van der Waals surface area contributed by atoms with Gasteiger partial charge in [0.05, 0.1) is 6.10 Å². The highest BCUT2D eigenvalue weighted by Gasteiger charge is 2.17. The van der Waals surface area contributed by atoms with Crippen LogP contribution >= 0.6 is 0 Å². The Balaban J connectivity index is 1.99. The van der Waals surface area contributed by atoms with Crippen LogP contribution in [0.1, 0.15) is 24.0 Å². The lowest BCUT2D eigenvalue weighted by Crippen LogP contribution is -2.28. The average molecular weight is 293 g/mol. The first-order chi connectivity index (χ1) is 10.0. The molecule has 1 aliphatic rings. The number of ether oxygens (including phenoxy) is 1. The lowest BCUT2D eigenvalue weighted by Gasteiger charge is -2.20. The summed E-state index contributed by atoms with van der Waals surface area (Å²) in [6, 6.07) is 4.60. The summed E-state index contributed by atoms with van der Waals surface area (Å²) < 4.78 is 19.2. The van der Waals surface area contributed by atoms with E-state index in [2.05, 4.69) is 4.90 Å². The summed E-state index contributed by atoms with van der Waals surface area (Å²) in [7, 11) is 1.97. The number of halogens is 1. The van der Waals surface area contributed by atoms with Gasteiger partial charge in [-0.15, -0.1) is 0 Å². The summed E-state index contributed by atoms with van der Waals surface area (Å²) in [4.78, 5) is 12.6. The van der Waals surface area contributed by atoms with Crippen molar-refractivity contribution in [2.45, 2.75) is 25.5 Å². The van der Waals surface area contributed by atoms with Crippen LogP contribution in [-0.4, -0.2) is 42.3 Å². The Morgan fingerprint density at radius 1 is 1.52 bits per heavy atom. The molecule has 1 saturated heterocycles. The van der Waals surface area contributed by atoms with Crippen LogP contribution in [0.4, 0.5) is 4.39 Å². The highest BCUT2D eigenvalue weighted by atomic mass is 19.1. The van der Waals surface area contributed by atoms with E-state index in [1.54, 1.807) is 6.07 Å². The van der Waals surface area contributed by atoms with Gasteiger partial charge in [0.2, 0.25) is 0 Å². The van der Waals surface area contributed by atoms with Gasteiger partial charge in [-0.05, 0) is 49.2 Å². The SMILES string of the molecule is CN(Cc1cc(F)cc(C=CC(=O)O)c1)CC1CCCO1. The summed E-state index contributed by atoms with van der Waals surface area (Å²) in [5.74, 6) is -1.40. The number of nitrogens with zero attached hydrogens (tertiary/aromatic N) is 1. The highest BCUT2D eigenvalue weighted by molar-refractivity contribution is 5.85. The molecule has 0 aromatic heterocycles. The number of hydrogen-bond donors (Lipinski definition) is 1. The number of benzene rings is 1. The smallest absolute Gasteiger partial charge is 0.328 e. The van der Waals surface area contributed by atoms with Crippen LogP contribution in [-0.2, 0) is 16.1 Å². The second-order valence-electron chi connectivity index (χ2n) is 5.40. The van der Waals surface area contributed by atoms with Gasteiger partial charge in [-0.1, -0.05) is 6.07 Å². The first kappa shape index (κ1) is 15.7. The van der Waals surface area contributed by atoms with Crippen LogP contribution in [0.25, 0.3) is 6.08 Å². The van der Waals surface area contributed by atoms with Crippen molar-refractivity contribution in [3.05, 3.63) is 41.2 Å². The highest BCUT2D eigenvalue weighted by Crippen LogP contribution is 2.16. The molecule has 1 aromatic carbocycles. The number of hydrogen-bond acceptors (Lipinski definition) is 3. The zero-order valence-electron chi connectivity index (χ0n) is 12.1. The van der Waals surface area contributed by atoms with Crippen LogP contribution in [0.2, 0.25) is 0 Å². The van der Waals surface area contributed by atoms with E-state index in [4.69, 9.17) is 9.84 Å². The first-order valence-electron chi connectivity index (χ1n) is 7.03. The normalized spacial score (nSPS) is 18.7. The summed E-state index contributed by atoms with van der Waals surface area (Å²) in [6.45, 7) is 2.24. The third-order valence-corrected chi connectivity index (χ3v) is 3.39. The van der Waals surface area contributed by atoms with Gasteiger partial charge in [-0.2, -0.15) is 0 Å². The van der Waals surface area contributed by atoms with Gasteiger partial charge in [-0.3, -0.25) is 4.90 Å². The monoisotopic (exact) mass is 293 g/mol. The van der Waals surface area contributed by atoms with Crippen molar-refractivity contribution >= 4 is 12.0 Å². The minimum absolute atomic E-state index is 0.259. The number of likely N-dealkylation sites (N-methyl/N-ethyl adjacent to an activating group) is 1. The molecule has 0 aliphatic carbocycles. The van der Waals surface area contributed by atoms with Crippen LogP contribution < -0.4 is 0 Å². The second-order valence-corrected chi connectivity index (χ2v) is 5.40. The minimum Gasteiger partial charge on any atom is -0.478 e. The Morgan fingerprint density at radius 3 is 3.00 bits per heavy atom. The van der Waals surface area contributed by atoms with Gasteiger partial charge in [0, 0.05) is 25.8 Å². The summed E-state index contributed by atoms with van der Waals surface area (Å²) in [6.07, 6.45) is 4.83. The Morgan fingerprint density at radius 2 is 2.33 bits per heavy atom. The maximum atomic E-state index is 13.6. The van der Waals surface area contributed by atoms with E-state index >= 15 is 0 Å². The Kier molecular flexibility index (Phi) is 5.47. The molecule has 21 heavy (non-hydrogen) atoms. The fraction of sp³-hybridized carbons (Fsp3) is 0.438. The lowest BCUT2D eigenvalue weighted by atomic mass is 10.1. The number of carbonyl (C=O) groups is 1. The van der Waals surface area contributed by atoms with Crippen LogP contribution in [0.5, 0.6) is 0 Å². The molecule has 1 aromatic rings. The molecule has 1 aliphatic heterocycles. The van der Waals surface area contributed by atoms with Gasteiger partial charge in [0.1, 0.15) is 5.82 Å². The second kappa shape index (κ2) is 7.33. The van der Waals surface area contributed by atoms with E-state index in [1.165, 1.54) is 18.2 Å². The molecule has 5 heteroatoms. The minimum atomic E-state index is -1.05. The van der Waals surface area contributed by atoms with Crippen molar-refractivity contribution in [1.29, 1.82) is 0 Å². The molecule has 0 radical (unpaired) electrons. The van der Waals surface area contributed by atoms with Gasteiger partial charge in [-0.25, -0.2) is 9.18 Å². The van der Waals surface area contributed by atoms with Crippen LogP contribution in [0, 0.1) is 5.82 Å². The van der Waals surface area contributed by atoms with E-state index in [-0.39, 0.29) is 11.9 Å². The van der Waals surface area contributed by atoms with E-state index in [1.807, 2.05) is 7.05 Å². The average Bonchev–Trinajstić information content (AvgIpc) is 2.88. The maximum absolute atomic E-state index is 13.6. The molecule has 2 rings (SSSR count). The van der Waals surface area contributed by atoms with Crippen LogP contribution in [0.15, 0.2) is 24.3 Å². The van der Waals surface area contributed by atoms with Gasteiger partial charge in [0.25, 0.3) is 0 Å². The molecule has 1 N–H and O–H groups in total. The van der Waals surface area contributed by atoms with Crippen molar-refractivity contribution in [1.82, 2.24) is 4.90 Å². The fourth-order valence-electron chi connectivity index (χ4n) is 2.54. The molecule has 1 fully saturated rings. The third-order valence-electron chi connectivity index (χ3n) is 3.39. The zero-order valence-corrected chi connectivity index (χ0v) is 12.1. The summed E-state index contributed by atoms with van der Waals surface area (Å²) >= 11 is 0. The first-order valence-corrected chi connectivity index (χ1v) is 7.03. The molecule has 0 saturated carbocycles. The van der Waals surface area contributed by atoms with Crippen molar-refractivity contribution in [2.24, 2.45) is 0 Å². The van der Waals surface area contributed by atoms with Gasteiger partial charge in [0.15, 0.2) is 0 Å². The Hall–Kier alpha value is -1.72. The van der Waals surface area contributed by atoms with E-state index < -0.39 is 5.97 Å². The predicted molar refractivity (Wildman–Crippen MR) is 78.4 cm³/mol. The third kappa shape index (κ3) is 5.28. The molecule has 0 amide bonds. The molecule has 0 bridgehead atoms. The quantitative estimate of drug-likeness (QED) is 0.819. The molecule has 0 spiro atoms. The molecule has 4 nitrogen and oxygen atoms in total. The van der Waals surface area contributed by atoms with Crippen molar-refractivity contribution in [2.75, 3.05) is 20.2 Å². The Labute approximate surface area is 123 Å². The molecular weight excluding hydrogens is 273 g/mol. The number of rotatable bonds is 6. The van der Waals surface area contributed by atoms with E-state index in [9.17, 15) is 9.18 Å². The van der Waals surface area contributed by atoms with E-state index in [0.717, 1.165) is 37.6 Å². The van der Waals surface area contributed by atoms with Crippen molar-refractivity contribution in [3.63, 3.8) is 0 Å². The fourth-order valence-corrected chi connectivity index (χ4v) is 2.54. The summed E-state index contributed by atoms with van der Waals surface area (Å²) in [5.41, 5.74) is 1.37. The van der Waals surface area contributed by atoms with E-state index in [0.29, 0.717) is 12.1 Å². The van der Waals surface area contributed by atoms with Gasteiger partial charge < -0.3 is 9.84 Å². The molecule has 1 atom stereocenters. The number of carboxylic acid groups (broad SMARTS) is 1. The predicted octanol–water partition coefficient (Wildman–Crippen LogP) is 2.53. The zero-order chi connectivity index (χ0) is 15.2. The number of aliphatic carboxylic acids is 1. The molecule has 1 heterocycles. The largest absolute Gasteiger partial charge is 0.478 e. The molecular formula is C16H20FNO3. The maximum Gasteiger partial charge on any atom is 0.328 e. The van der Waals surface area contributed by atoms with Crippen molar-refractivity contribution in [3.8, 4) is 0 Å². The summed E-state index contributed by atoms with van der Waals surface area (Å²) in [5, 5.41) is 8.62. The Bertz CT molecular complexity index is 524. The molecule has 114 valence electrons. The topological polar surface area (TPSA) is 49.8 Å².